The van der Waals surface area contributed by atoms with E-state index in [1.54, 1.807) is 36.4 Å². The molecule has 5 aromatic rings. The Morgan fingerprint density at radius 1 is 0.844 bits per heavy atom. The van der Waals surface area contributed by atoms with Gasteiger partial charge in [-0.2, -0.15) is 5.10 Å². The first-order valence-corrected chi connectivity index (χ1v) is 10.5. The molecule has 8 nitrogen and oxygen atoms in total. The lowest BCUT2D eigenvalue weighted by Gasteiger charge is -2.11. The van der Waals surface area contributed by atoms with Crippen LogP contribution in [0.25, 0.3) is 32.2 Å². The van der Waals surface area contributed by atoms with Gasteiger partial charge in [-0.25, -0.2) is 10.1 Å². The number of nitrogens with zero attached hydrogens (tertiary/aromatic N) is 2. The average molecular weight is 441 g/mol. The van der Waals surface area contributed by atoms with Crippen molar-refractivity contribution in [2.45, 2.75) is 0 Å². The highest BCUT2D eigenvalue weighted by atomic mass is 32.1. The zero-order chi connectivity index (χ0) is 22.1. The molecule has 0 unspecified atom stereocenters. The molecule has 0 bridgehead atoms. The third-order valence-corrected chi connectivity index (χ3v) is 5.83. The van der Waals surface area contributed by atoms with Gasteiger partial charge in [-0.15, -0.1) is 11.3 Å². The summed E-state index contributed by atoms with van der Waals surface area (Å²) in [6, 6.07) is 19.5. The highest BCUT2D eigenvalue weighted by molar-refractivity contribution is 7.13. The second kappa shape index (κ2) is 8.05. The summed E-state index contributed by atoms with van der Waals surface area (Å²) < 4.78 is 0. The molecule has 0 fully saturated rings. The SMILES string of the molecule is O=C(NNC(=O)c1n[nH]c(=O)c2ccccc12)c1cc(-c2cccs2)nc2ccccc12. The van der Waals surface area contributed by atoms with Crippen LogP contribution in [0.2, 0.25) is 0 Å². The van der Waals surface area contributed by atoms with Crippen LogP contribution in [0.1, 0.15) is 20.8 Å². The fourth-order valence-corrected chi connectivity index (χ4v) is 4.13. The third kappa shape index (κ3) is 3.50. The molecule has 5 rings (SSSR count). The summed E-state index contributed by atoms with van der Waals surface area (Å²) in [5.74, 6) is -1.15. The number of nitrogens with one attached hydrogen (secondary N) is 3. The molecule has 3 N–H and O–H groups in total. The maximum Gasteiger partial charge on any atom is 0.290 e. The minimum absolute atomic E-state index is 0.000592. The Morgan fingerprint density at radius 3 is 2.34 bits per heavy atom. The summed E-state index contributed by atoms with van der Waals surface area (Å²) >= 11 is 1.52. The molecule has 3 aromatic heterocycles. The van der Waals surface area contributed by atoms with Crippen LogP contribution in [0, 0.1) is 0 Å². The van der Waals surface area contributed by atoms with Gasteiger partial charge < -0.3 is 0 Å². The smallest absolute Gasteiger partial charge is 0.267 e. The number of pyridine rings is 1. The zero-order valence-electron chi connectivity index (χ0n) is 16.5. The van der Waals surface area contributed by atoms with E-state index in [0.29, 0.717) is 32.9 Å². The number of para-hydroxylation sites is 1. The Morgan fingerprint density at radius 2 is 1.56 bits per heavy atom. The number of aromatic nitrogens is 3. The molecular weight excluding hydrogens is 426 g/mol. The fraction of sp³-hybridized carbons (Fsp3) is 0. The van der Waals surface area contributed by atoms with Crippen molar-refractivity contribution in [2.75, 3.05) is 0 Å². The second-order valence-electron chi connectivity index (χ2n) is 6.90. The van der Waals surface area contributed by atoms with Gasteiger partial charge in [0, 0.05) is 10.8 Å². The van der Waals surface area contributed by atoms with Crippen molar-refractivity contribution < 1.29 is 9.59 Å². The summed E-state index contributed by atoms with van der Waals surface area (Å²) in [4.78, 5) is 43.2. The van der Waals surface area contributed by atoms with E-state index in [-0.39, 0.29) is 5.69 Å². The highest BCUT2D eigenvalue weighted by Gasteiger charge is 2.18. The average Bonchev–Trinajstić information content (AvgIpc) is 3.37. The van der Waals surface area contributed by atoms with Crippen molar-refractivity contribution >= 4 is 44.8 Å². The number of hydrogen-bond acceptors (Lipinski definition) is 6. The minimum Gasteiger partial charge on any atom is -0.267 e. The quantitative estimate of drug-likeness (QED) is 0.372. The van der Waals surface area contributed by atoms with E-state index in [1.807, 2.05) is 35.7 Å². The summed E-state index contributed by atoms with van der Waals surface area (Å²) in [5, 5.41) is 9.47. The molecule has 2 amide bonds. The number of thiophene rings is 1. The van der Waals surface area contributed by atoms with E-state index in [2.05, 4.69) is 26.0 Å². The van der Waals surface area contributed by atoms with Gasteiger partial charge in [-0.3, -0.25) is 25.2 Å². The number of hydrogen-bond donors (Lipinski definition) is 3. The Hall–Kier alpha value is -4.37. The largest absolute Gasteiger partial charge is 0.290 e. The van der Waals surface area contributed by atoms with Crippen molar-refractivity contribution in [3.8, 4) is 10.6 Å². The van der Waals surface area contributed by atoms with E-state index >= 15 is 0 Å². The molecule has 0 saturated carbocycles. The summed E-state index contributed by atoms with van der Waals surface area (Å²) in [5.41, 5.74) is 6.15. The molecule has 0 radical (unpaired) electrons. The van der Waals surface area contributed by atoms with Crippen molar-refractivity contribution in [3.05, 3.63) is 93.7 Å². The Balaban J connectivity index is 1.45. The Bertz CT molecular complexity index is 1540. The Kier molecular flexibility index (Phi) is 4.92. The molecule has 0 aliphatic heterocycles. The molecule has 2 aromatic carbocycles. The van der Waals surface area contributed by atoms with Gasteiger partial charge in [0.1, 0.15) is 0 Å². The van der Waals surface area contributed by atoms with Crippen LogP contribution in [-0.4, -0.2) is 27.0 Å². The van der Waals surface area contributed by atoms with Crippen LogP contribution in [0.3, 0.4) is 0 Å². The molecule has 3 heterocycles. The van der Waals surface area contributed by atoms with Crippen LogP contribution >= 0.6 is 11.3 Å². The fourth-order valence-electron chi connectivity index (χ4n) is 3.44. The van der Waals surface area contributed by atoms with E-state index in [0.717, 1.165) is 4.88 Å². The van der Waals surface area contributed by atoms with Gasteiger partial charge in [0.25, 0.3) is 17.4 Å². The highest BCUT2D eigenvalue weighted by Crippen LogP contribution is 2.27. The number of hydrazine groups is 1. The number of fused-ring (bicyclic) bond motifs is 2. The first kappa shape index (κ1) is 19.6. The van der Waals surface area contributed by atoms with Crippen LogP contribution in [0.15, 0.2) is 76.9 Å². The third-order valence-electron chi connectivity index (χ3n) is 4.94. The number of carbonyl (C=O) groups is 2. The second-order valence-corrected chi connectivity index (χ2v) is 7.85. The van der Waals surface area contributed by atoms with Gasteiger partial charge in [0.05, 0.1) is 27.0 Å². The number of H-pyrrole nitrogens is 1. The van der Waals surface area contributed by atoms with E-state index < -0.39 is 17.4 Å². The van der Waals surface area contributed by atoms with Gasteiger partial charge in [-0.1, -0.05) is 42.5 Å². The zero-order valence-corrected chi connectivity index (χ0v) is 17.3. The van der Waals surface area contributed by atoms with Crippen LogP contribution in [0.4, 0.5) is 0 Å². The monoisotopic (exact) mass is 441 g/mol. The molecule has 32 heavy (non-hydrogen) atoms. The molecule has 0 spiro atoms. The normalized spacial score (nSPS) is 10.9. The van der Waals surface area contributed by atoms with Gasteiger partial charge >= 0.3 is 0 Å². The maximum atomic E-state index is 13.0. The molecule has 0 aliphatic rings. The van der Waals surface area contributed by atoms with Crippen LogP contribution in [0.5, 0.6) is 0 Å². The topological polar surface area (TPSA) is 117 Å². The van der Waals surface area contributed by atoms with Crippen molar-refractivity contribution in [3.63, 3.8) is 0 Å². The van der Waals surface area contributed by atoms with Crippen LogP contribution in [-0.2, 0) is 0 Å². The summed E-state index contributed by atoms with van der Waals surface area (Å²) in [6.07, 6.45) is 0. The number of benzene rings is 2. The lowest BCUT2D eigenvalue weighted by molar-refractivity contribution is 0.0845. The van der Waals surface area contributed by atoms with E-state index in [4.69, 9.17) is 0 Å². The maximum absolute atomic E-state index is 13.0. The van der Waals surface area contributed by atoms with Gasteiger partial charge in [0.15, 0.2) is 5.69 Å². The lowest BCUT2D eigenvalue weighted by atomic mass is 10.1. The van der Waals surface area contributed by atoms with Gasteiger partial charge in [0.2, 0.25) is 0 Å². The predicted molar refractivity (Wildman–Crippen MR) is 122 cm³/mol. The van der Waals surface area contributed by atoms with Gasteiger partial charge in [-0.05, 0) is 29.6 Å². The number of rotatable bonds is 3. The number of carbonyl (C=O) groups excluding carboxylic acids is 2. The summed E-state index contributed by atoms with van der Waals surface area (Å²) in [6.45, 7) is 0. The Labute approximate surface area is 184 Å². The number of amides is 2. The van der Waals surface area contributed by atoms with Crippen molar-refractivity contribution in [1.29, 1.82) is 0 Å². The molecule has 9 heteroatoms. The molecule has 0 saturated heterocycles. The molecular formula is C23H15N5O3S. The first-order chi connectivity index (χ1) is 15.6. The lowest BCUT2D eigenvalue weighted by Crippen LogP contribution is -2.42. The molecule has 0 aliphatic carbocycles. The number of aromatic amines is 1. The molecule has 156 valence electrons. The molecule has 0 atom stereocenters. The first-order valence-electron chi connectivity index (χ1n) is 9.63. The van der Waals surface area contributed by atoms with Crippen molar-refractivity contribution in [2.24, 2.45) is 0 Å². The summed E-state index contributed by atoms with van der Waals surface area (Å²) in [7, 11) is 0. The minimum atomic E-state index is -0.650. The van der Waals surface area contributed by atoms with E-state index in [1.165, 1.54) is 11.3 Å². The standard InChI is InChI=1S/C23H15N5O3S/c29-21-15-8-2-1-7-14(15)20(25-26-21)23(31)28-27-22(30)16-12-18(19-10-5-11-32-19)24-17-9-4-3-6-13(16)17/h1-12H,(H,26,29)(H,27,30)(H,28,31). The van der Waals surface area contributed by atoms with Crippen LogP contribution < -0.4 is 16.4 Å². The van der Waals surface area contributed by atoms with E-state index in [9.17, 15) is 14.4 Å². The van der Waals surface area contributed by atoms with Crippen molar-refractivity contribution in [1.82, 2.24) is 26.0 Å². The predicted octanol–water partition coefficient (Wildman–Crippen LogP) is 3.27.